The van der Waals surface area contributed by atoms with Gasteiger partial charge in [-0.1, -0.05) is 12.8 Å². The monoisotopic (exact) mass is 380 g/mol. The van der Waals surface area contributed by atoms with Crippen LogP contribution in [0.25, 0.3) is 0 Å². The van der Waals surface area contributed by atoms with Crippen LogP contribution in [0.15, 0.2) is 24.7 Å². The van der Waals surface area contributed by atoms with E-state index in [1.807, 2.05) is 11.0 Å². The zero-order valence-electron chi connectivity index (χ0n) is 16.5. The fraction of sp³-hybridized carbons (Fsp3) is 0.619. The molecule has 0 radical (unpaired) electrons. The predicted molar refractivity (Wildman–Crippen MR) is 106 cm³/mol. The summed E-state index contributed by atoms with van der Waals surface area (Å²) in [4.78, 5) is 26.3. The van der Waals surface area contributed by atoms with Gasteiger partial charge in [-0.05, 0) is 44.1 Å². The summed E-state index contributed by atoms with van der Waals surface area (Å²) in [7, 11) is 0. The van der Waals surface area contributed by atoms with E-state index in [2.05, 4.69) is 31.6 Å². The molecule has 28 heavy (non-hydrogen) atoms. The summed E-state index contributed by atoms with van der Waals surface area (Å²) in [6.45, 7) is 5.63. The van der Waals surface area contributed by atoms with Gasteiger partial charge in [0.05, 0.1) is 17.8 Å². The molecule has 7 heteroatoms. The third-order valence-corrected chi connectivity index (χ3v) is 6.87. The molecule has 148 valence electrons. The van der Waals surface area contributed by atoms with Crippen LogP contribution in [0.1, 0.15) is 54.2 Å². The zero-order chi connectivity index (χ0) is 19.1. The highest BCUT2D eigenvalue weighted by Crippen LogP contribution is 2.34. The van der Waals surface area contributed by atoms with E-state index in [1.165, 1.54) is 25.7 Å². The highest BCUT2D eigenvalue weighted by Gasteiger charge is 2.39. The lowest BCUT2D eigenvalue weighted by Gasteiger charge is -2.34. The Morgan fingerprint density at radius 3 is 2.57 bits per heavy atom. The van der Waals surface area contributed by atoms with Gasteiger partial charge in [0.25, 0.3) is 5.91 Å². The van der Waals surface area contributed by atoms with Crippen molar-refractivity contribution in [3.63, 3.8) is 0 Å². The first-order chi connectivity index (χ1) is 13.7. The highest BCUT2D eigenvalue weighted by atomic mass is 16.2. The Hall–Kier alpha value is -2.44. The van der Waals surface area contributed by atoms with Gasteiger partial charge < -0.3 is 9.80 Å². The number of rotatable bonds is 3. The van der Waals surface area contributed by atoms with E-state index in [1.54, 1.807) is 18.6 Å². The third-order valence-electron chi connectivity index (χ3n) is 6.87. The summed E-state index contributed by atoms with van der Waals surface area (Å²) in [5.74, 6) is 2.07. The number of nitrogens with zero attached hydrogens (tertiary/aromatic N) is 6. The van der Waals surface area contributed by atoms with Gasteiger partial charge in [0, 0.05) is 44.3 Å². The molecule has 5 rings (SSSR count). The minimum absolute atomic E-state index is 0.148. The first-order valence-corrected chi connectivity index (χ1v) is 10.6. The Bertz CT molecular complexity index is 844. The minimum atomic E-state index is 0.148. The lowest BCUT2D eigenvalue weighted by molar-refractivity contribution is 0.0641. The van der Waals surface area contributed by atoms with E-state index >= 15 is 0 Å². The molecule has 1 amide bonds. The molecule has 2 atom stereocenters. The first-order valence-electron chi connectivity index (χ1n) is 10.6. The molecule has 2 aromatic heterocycles. The molecular formula is C21H28N6O. The van der Waals surface area contributed by atoms with Gasteiger partial charge in [-0.15, -0.1) is 0 Å². The minimum Gasteiger partial charge on any atom is -0.340 e. The predicted octanol–water partition coefficient (Wildman–Crippen LogP) is 2.70. The number of carbonyl (C=O) groups is 1. The molecule has 0 unspecified atom stereocenters. The fourth-order valence-corrected chi connectivity index (χ4v) is 5.29. The number of amides is 1. The zero-order valence-corrected chi connectivity index (χ0v) is 16.5. The largest absolute Gasteiger partial charge is 0.340 e. The number of aromatic nitrogens is 4. The normalized spacial score (nSPS) is 25.3. The number of likely N-dealkylation sites (tertiary alicyclic amines) is 1. The van der Waals surface area contributed by atoms with Crippen molar-refractivity contribution in [1.29, 1.82) is 0 Å². The summed E-state index contributed by atoms with van der Waals surface area (Å²) >= 11 is 0. The second kappa shape index (κ2) is 7.18. The molecule has 1 saturated carbocycles. The first kappa shape index (κ1) is 17.6. The topological polar surface area (TPSA) is 67.2 Å². The van der Waals surface area contributed by atoms with Crippen LogP contribution in [-0.2, 0) is 0 Å². The standard InChI is InChI=1S/C21H28N6O/c1-15-19(11-24-27(15)18-5-2-3-6-18)20(28)25-10-7-16-12-26(14-17(16)13-25)21-22-8-4-9-23-21/h4,8-9,11,16-18H,2-3,5-7,10,12-14H2,1H3/t16-,17+/m1/s1. The maximum absolute atomic E-state index is 13.2. The van der Waals surface area contributed by atoms with E-state index in [4.69, 9.17) is 0 Å². The summed E-state index contributed by atoms with van der Waals surface area (Å²) < 4.78 is 2.09. The van der Waals surface area contributed by atoms with Crippen LogP contribution in [0.5, 0.6) is 0 Å². The van der Waals surface area contributed by atoms with Crippen molar-refractivity contribution in [1.82, 2.24) is 24.6 Å². The number of hydrogen-bond donors (Lipinski definition) is 0. The molecule has 3 fully saturated rings. The van der Waals surface area contributed by atoms with Crippen LogP contribution in [0.4, 0.5) is 5.95 Å². The molecule has 0 N–H and O–H groups in total. The highest BCUT2D eigenvalue weighted by molar-refractivity contribution is 5.95. The molecule has 4 heterocycles. The summed E-state index contributed by atoms with van der Waals surface area (Å²) in [5, 5.41) is 4.58. The van der Waals surface area contributed by atoms with Crippen molar-refractivity contribution in [3.05, 3.63) is 35.9 Å². The molecule has 0 bridgehead atoms. The van der Waals surface area contributed by atoms with Gasteiger partial charge in [0.2, 0.25) is 5.95 Å². The lowest BCUT2D eigenvalue weighted by Crippen LogP contribution is -2.43. The summed E-state index contributed by atoms with van der Waals surface area (Å²) in [6.07, 6.45) is 11.3. The van der Waals surface area contributed by atoms with Crippen molar-refractivity contribution >= 4 is 11.9 Å². The van der Waals surface area contributed by atoms with E-state index in [0.29, 0.717) is 17.9 Å². The molecule has 7 nitrogen and oxygen atoms in total. The van der Waals surface area contributed by atoms with Crippen molar-refractivity contribution < 1.29 is 4.79 Å². The molecule has 2 saturated heterocycles. The van der Waals surface area contributed by atoms with Gasteiger partial charge in [-0.2, -0.15) is 5.10 Å². The Kier molecular flexibility index (Phi) is 4.53. The second-order valence-corrected chi connectivity index (χ2v) is 8.54. The molecule has 0 spiro atoms. The van der Waals surface area contributed by atoms with Gasteiger partial charge in [0.1, 0.15) is 0 Å². The molecule has 3 aliphatic rings. The van der Waals surface area contributed by atoms with Gasteiger partial charge >= 0.3 is 0 Å². The van der Waals surface area contributed by atoms with Crippen LogP contribution in [0.2, 0.25) is 0 Å². The van der Waals surface area contributed by atoms with Crippen LogP contribution in [0, 0.1) is 18.8 Å². The number of carbonyl (C=O) groups excluding carboxylic acids is 1. The fourth-order valence-electron chi connectivity index (χ4n) is 5.29. The third kappa shape index (κ3) is 3.06. The average molecular weight is 380 g/mol. The Labute approximate surface area is 165 Å². The Morgan fingerprint density at radius 1 is 1.04 bits per heavy atom. The average Bonchev–Trinajstić information content (AvgIpc) is 3.47. The SMILES string of the molecule is Cc1c(C(=O)N2CC[C@@H]3CN(c4ncccn4)C[C@@H]3C2)cnn1C1CCCC1. The lowest BCUT2D eigenvalue weighted by atomic mass is 9.88. The van der Waals surface area contributed by atoms with Crippen molar-refractivity contribution in [2.45, 2.75) is 45.1 Å². The van der Waals surface area contributed by atoms with E-state index in [9.17, 15) is 4.79 Å². The second-order valence-electron chi connectivity index (χ2n) is 8.54. The van der Waals surface area contributed by atoms with E-state index < -0.39 is 0 Å². The van der Waals surface area contributed by atoms with Crippen molar-refractivity contribution in [3.8, 4) is 0 Å². The molecule has 1 aliphatic carbocycles. The number of fused-ring (bicyclic) bond motifs is 1. The summed E-state index contributed by atoms with van der Waals surface area (Å²) in [6, 6.07) is 2.32. The van der Waals surface area contributed by atoms with Crippen molar-refractivity contribution in [2.75, 3.05) is 31.1 Å². The molecule has 2 aliphatic heterocycles. The Morgan fingerprint density at radius 2 is 1.79 bits per heavy atom. The maximum atomic E-state index is 13.2. The van der Waals surface area contributed by atoms with Crippen LogP contribution >= 0.6 is 0 Å². The molecule has 2 aromatic rings. The van der Waals surface area contributed by atoms with Gasteiger partial charge in [-0.25, -0.2) is 9.97 Å². The number of anilines is 1. The van der Waals surface area contributed by atoms with Gasteiger partial charge in [0.15, 0.2) is 0 Å². The maximum Gasteiger partial charge on any atom is 0.257 e. The van der Waals surface area contributed by atoms with Crippen LogP contribution in [-0.4, -0.2) is 56.7 Å². The van der Waals surface area contributed by atoms with Crippen molar-refractivity contribution in [2.24, 2.45) is 11.8 Å². The van der Waals surface area contributed by atoms with Crippen LogP contribution in [0.3, 0.4) is 0 Å². The smallest absolute Gasteiger partial charge is 0.257 e. The Balaban J connectivity index is 1.28. The van der Waals surface area contributed by atoms with Crippen LogP contribution < -0.4 is 4.90 Å². The number of hydrogen-bond acceptors (Lipinski definition) is 5. The van der Waals surface area contributed by atoms with Gasteiger partial charge in [-0.3, -0.25) is 9.48 Å². The van der Waals surface area contributed by atoms with E-state index in [0.717, 1.165) is 49.8 Å². The summed E-state index contributed by atoms with van der Waals surface area (Å²) in [5.41, 5.74) is 1.82. The molecule has 0 aromatic carbocycles. The quantitative estimate of drug-likeness (QED) is 0.819. The number of piperidine rings is 1. The molecular weight excluding hydrogens is 352 g/mol. The van der Waals surface area contributed by atoms with E-state index in [-0.39, 0.29) is 5.91 Å².